The number of nitrogens with one attached hydrogen (secondary N) is 2. The minimum absolute atomic E-state index is 0.112. The van der Waals surface area contributed by atoms with Crippen LogP contribution in [-0.2, 0) is 9.59 Å². The molecular formula is C14H24N2O2. The van der Waals surface area contributed by atoms with E-state index in [1.54, 1.807) is 0 Å². The molecule has 0 bridgehead atoms. The lowest BCUT2D eigenvalue weighted by Gasteiger charge is -2.27. The van der Waals surface area contributed by atoms with Crippen molar-refractivity contribution in [3.05, 3.63) is 12.2 Å². The summed E-state index contributed by atoms with van der Waals surface area (Å²) in [5.74, 6) is 0.209. The van der Waals surface area contributed by atoms with Gasteiger partial charge in [0.1, 0.15) is 6.29 Å². The third-order valence-electron chi connectivity index (χ3n) is 3.34. The summed E-state index contributed by atoms with van der Waals surface area (Å²) in [4.78, 5) is 22.7. The van der Waals surface area contributed by atoms with E-state index in [1.165, 1.54) is 19.3 Å². The van der Waals surface area contributed by atoms with Gasteiger partial charge in [-0.1, -0.05) is 31.4 Å². The summed E-state index contributed by atoms with van der Waals surface area (Å²) in [6.45, 7) is 6.52. The maximum atomic E-state index is 11.7. The first kappa shape index (κ1) is 14.9. The van der Waals surface area contributed by atoms with E-state index in [2.05, 4.69) is 17.2 Å². The summed E-state index contributed by atoms with van der Waals surface area (Å²) in [5.41, 5.74) is 0.988. The van der Waals surface area contributed by atoms with Gasteiger partial charge >= 0.3 is 0 Å². The van der Waals surface area contributed by atoms with Crippen LogP contribution in [0.15, 0.2) is 12.2 Å². The largest absolute Gasteiger partial charge is 0.345 e. The van der Waals surface area contributed by atoms with Crippen molar-refractivity contribution in [2.45, 2.75) is 45.1 Å². The van der Waals surface area contributed by atoms with Gasteiger partial charge in [0.25, 0.3) is 0 Å². The highest BCUT2D eigenvalue weighted by molar-refractivity contribution is 5.81. The van der Waals surface area contributed by atoms with Gasteiger partial charge < -0.3 is 15.4 Å². The third-order valence-corrected chi connectivity index (χ3v) is 3.34. The second-order valence-corrected chi connectivity index (χ2v) is 5.19. The quantitative estimate of drug-likeness (QED) is 0.532. The summed E-state index contributed by atoms with van der Waals surface area (Å²) in [7, 11) is 0. The van der Waals surface area contributed by atoms with Crippen molar-refractivity contribution in [1.82, 2.24) is 10.6 Å². The minimum atomic E-state index is -0.315. The van der Waals surface area contributed by atoms with E-state index in [-0.39, 0.29) is 18.5 Å². The Morgan fingerprint density at radius 2 is 2.00 bits per heavy atom. The summed E-state index contributed by atoms with van der Waals surface area (Å²) in [6.07, 6.45) is 6.55. The van der Waals surface area contributed by atoms with Gasteiger partial charge in [0.05, 0.1) is 12.6 Å². The first-order chi connectivity index (χ1) is 8.63. The fourth-order valence-electron chi connectivity index (χ4n) is 2.38. The second kappa shape index (κ2) is 8.03. The molecular weight excluding hydrogens is 228 g/mol. The molecule has 1 amide bonds. The maximum absolute atomic E-state index is 11.7. The molecule has 0 aliphatic heterocycles. The summed E-state index contributed by atoms with van der Waals surface area (Å²) in [5, 5.41) is 5.80. The molecule has 4 heteroatoms. The Morgan fingerprint density at radius 3 is 2.56 bits per heavy atom. The average molecular weight is 252 g/mol. The maximum Gasteiger partial charge on any atom is 0.234 e. The molecule has 0 aromatic heterocycles. The first-order valence-corrected chi connectivity index (χ1v) is 6.73. The van der Waals surface area contributed by atoms with Gasteiger partial charge in [-0.25, -0.2) is 0 Å². The van der Waals surface area contributed by atoms with Crippen LogP contribution in [0.1, 0.15) is 39.0 Å². The monoisotopic (exact) mass is 252 g/mol. The van der Waals surface area contributed by atoms with Crippen LogP contribution in [0.4, 0.5) is 0 Å². The van der Waals surface area contributed by atoms with Crippen molar-refractivity contribution in [3.8, 4) is 0 Å². The van der Waals surface area contributed by atoms with Crippen molar-refractivity contribution >= 4 is 12.2 Å². The third kappa shape index (κ3) is 5.45. The lowest BCUT2D eigenvalue weighted by molar-refractivity contribution is -0.124. The molecule has 102 valence electrons. The number of aldehydes is 1. The molecule has 0 aromatic rings. The zero-order chi connectivity index (χ0) is 13.4. The van der Waals surface area contributed by atoms with Crippen molar-refractivity contribution < 1.29 is 9.59 Å². The minimum Gasteiger partial charge on any atom is -0.345 e. The Labute approximate surface area is 109 Å². The summed E-state index contributed by atoms with van der Waals surface area (Å²) >= 11 is 0. The van der Waals surface area contributed by atoms with Crippen molar-refractivity contribution in [3.63, 3.8) is 0 Å². The highest BCUT2D eigenvalue weighted by atomic mass is 16.2. The van der Waals surface area contributed by atoms with Crippen LogP contribution in [0, 0.1) is 5.92 Å². The molecule has 0 heterocycles. The lowest BCUT2D eigenvalue weighted by Crippen LogP contribution is -2.45. The molecule has 0 spiro atoms. The number of carbonyl (C=O) groups excluding carboxylic acids is 2. The lowest BCUT2D eigenvalue weighted by atomic mass is 9.84. The Bertz CT molecular complexity index is 296. The molecule has 0 saturated heterocycles. The first-order valence-electron chi connectivity index (χ1n) is 6.73. The Balaban J connectivity index is 2.30. The van der Waals surface area contributed by atoms with Crippen molar-refractivity contribution in [1.29, 1.82) is 0 Å². The Morgan fingerprint density at radius 1 is 1.33 bits per heavy atom. The highest BCUT2D eigenvalue weighted by Gasteiger charge is 2.24. The van der Waals surface area contributed by atoms with Crippen LogP contribution in [-0.4, -0.2) is 31.3 Å². The standard InChI is InChI=1S/C14H24N2O2/c1-11(2)8-15-9-14(18)16-13(10-17)12-6-4-3-5-7-12/h10,12-13,15H,1,3-9H2,2H3,(H,16,18)/t13-/m1/s1. The van der Waals surface area contributed by atoms with Crippen LogP contribution >= 0.6 is 0 Å². The number of rotatable bonds is 7. The van der Waals surface area contributed by atoms with Gasteiger partial charge in [0.2, 0.25) is 5.91 Å². The Hall–Kier alpha value is -1.16. The zero-order valence-electron chi connectivity index (χ0n) is 11.2. The van der Waals surface area contributed by atoms with E-state index in [4.69, 9.17) is 0 Å². The molecule has 4 nitrogen and oxygen atoms in total. The predicted molar refractivity (Wildman–Crippen MR) is 72.3 cm³/mol. The normalized spacial score (nSPS) is 18.1. The molecule has 1 saturated carbocycles. The van der Waals surface area contributed by atoms with E-state index in [0.29, 0.717) is 12.5 Å². The van der Waals surface area contributed by atoms with E-state index < -0.39 is 0 Å². The zero-order valence-corrected chi connectivity index (χ0v) is 11.2. The topological polar surface area (TPSA) is 58.2 Å². The molecule has 0 aromatic carbocycles. The molecule has 1 atom stereocenters. The molecule has 1 fully saturated rings. The van der Waals surface area contributed by atoms with Crippen molar-refractivity contribution in [2.75, 3.05) is 13.1 Å². The number of hydrogen-bond acceptors (Lipinski definition) is 3. The van der Waals surface area contributed by atoms with Gasteiger partial charge in [0, 0.05) is 6.54 Å². The van der Waals surface area contributed by atoms with Gasteiger partial charge in [-0.3, -0.25) is 4.79 Å². The molecule has 0 radical (unpaired) electrons. The van der Waals surface area contributed by atoms with Crippen LogP contribution < -0.4 is 10.6 Å². The van der Waals surface area contributed by atoms with E-state index in [1.807, 2.05) is 6.92 Å². The average Bonchev–Trinajstić information content (AvgIpc) is 2.36. The van der Waals surface area contributed by atoms with Crippen LogP contribution in [0.3, 0.4) is 0 Å². The SMILES string of the molecule is C=C(C)CNCC(=O)N[C@H](C=O)C1CCCCC1. The van der Waals surface area contributed by atoms with Crippen LogP contribution in [0.2, 0.25) is 0 Å². The van der Waals surface area contributed by atoms with E-state index in [9.17, 15) is 9.59 Å². The second-order valence-electron chi connectivity index (χ2n) is 5.19. The Kier molecular flexibility index (Phi) is 6.65. The van der Waals surface area contributed by atoms with Gasteiger partial charge in [-0.05, 0) is 25.7 Å². The molecule has 2 N–H and O–H groups in total. The fraction of sp³-hybridized carbons (Fsp3) is 0.714. The van der Waals surface area contributed by atoms with Crippen molar-refractivity contribution in [2.24, 2.45) is 5.92 Å². The predicted octanol–water partition coefficient (Wildman–Crippen LogP) is 1.42. The van der Waals surface area contributed by atoms with Crippen LogP contribution in [0.5, 0.6) is 0 Å². The summed E-state index contributed by atoms with van der Waals surface area (Å²) in [6, 6.07) is -0.315. The molecule has 18 heavy (non-hydrogen) atoms. The van der Waals surface area contributed by atoms with E-state index in [0.717, 1.165) is 24.7 Å². The summed E-state index contributed by atoms with van der Waals surface area (Å²) < 4.78 is 0. The van der Waals surface area contributed by atoms with Gasteiger partial charge in [0.15, 0.2) is 0 Å². The smallest absolute Gasteiger partial charge is 0.234 e. The molecule has 0 unspecified atom stereocenters. The molecule has 1 aliphatic rings. The van der Waals surface area contributed by atoms with Crippen LogP contribution in [0.25, 0.3) is 0 Å². The number of amides is 1. The molecule has 1 aliphatic carbocycles. The highest BCUT2D eigenvalue weighted by Crippen LogP contribution is 2.25. The number of carbonyl (C=O) groups is 2. The number of hydrogen-bond donors (Lipinski definition) is 2. The fourth-order valence-corrected chi connectivity index (χ4v) is 2.38. The molecule has 1 rings (SSSR count). The van der Waals surface area contributed by atoms with E-state index >= 15 is 0 Å². The van der Waals surface area contributed by atoms with Gasteiger partial charge in [-0.15, -0.1) is 0 Å². The van der Waals surface area contributed by atoms with Gasteiger partial charge in [-0.2, -0.15) is 0 Å².